The van der Waals surface area contributed by atoms with Crippen molar-refractivity contribution in [3.63, 3.8) is 0 Å². The van der Waals surface area contributed by atoms with Crippen LogP contribution in [0.1, 0.15) is 49.5 Å². The number of alkyl halides is 1. The van der Waals surface area contributed by atoms with E-state index in [2.05, 4.69) is 16.8 Å². The van der Waals surface area contributed by atoms with Crippen LogP contribution < -0.4 is 5.32 Å². The summed E-state index contributed by atoms with van der Waals surface area (Å²) in [4.78, 5) is 13.8. The monoisotopic (exact) mass is 285 g/mol. The molecule has 18 heavy (non-hydrogen) atoms. The molecule has 2 rings (SSSR count). The molecule has 1 N–H and O–H groups in total. The molecule has 4 heteroatoms. The van der Waals surface area contributed by atoms with Crippen molar-refractivity contribution >= 4 is 28.8 Å². The summed E-state index contributed by atoms with van der Waals surface area (Å²) in [7, 11) is 0. The van der Waals surface area contributed by atoms with Gasteiger partial charge in [-0.05, 0) is 56.5 Å². The molecule has 1 aromatic heterocycles. The first kappa shape index (κ1) is 13.9. The normalized spacial score (nSPS) is 19.4. The molecule has 0 saturated carbocycles. The van der Waals surface area contributed by atoms with Crippen LogP contribution in [0.4, 0.5) is 0 Å². The largest absolute Gasteiger partial charge is 0.351 e. The fourth-order valence-electron chi connectivity index (χ4n) is 2.48. The zero-order chi connectivity index (χ0) is 13.2. The van der Waals surface area contributed by atoms with Crippen LogP contribution in [-0.4, -0.2) is 17.3 Å². The molecular weight excluding hydrogens is 266 g/mol. The SMILES string of the molecule is CC(C)(CCCl)NC(=O)C1CCCc2sccc21. The summed E-state index contributed by atoms with van der Waals surface area (Å²) in [6.07, 6.45) is 4.00. The first-order valence-electron chi connectivity index (χ1n) is 6.48. The number of amides is 1. The number of hydrogen-bond acceptors (Lipinski definition) is 2. The molecule has 0 aliphatic heterocycles. The zero-order valence-corrected chi connectivity index (χ0v) is 12.5. The van der Waals surface area contributed by atoms with Gasteiger partial charge in [0, 0.05) is 16.3 Å². The van der Waals surface area contributed by atoms with Crippen molar-refractivity contribution in [2.45, 2.75) is 51.0 Å². The van der Waals surface area contributed by atoms with Gasteiger partial charge in [-0.3, -0.25) is 4.79 Å². The first-order valence-corrected chi connectivity index (χ1v) is 7.89. The predicted octanol–water partition coefficient (Wildman–Crippen LogP) is 3.69. The number of nitrogens with one attached hydrogen (secondary N) is 1. The van der Waals surface area contributed by atoms with E-state index in [0.29, 0.717) is 5.88 Å². The molecule has 1 heterocycles. The third-order valence-corrected chi connectivity index (χ3v) is 4.73. The summed E-state index contributed by atoms with van der Waals surface area (Å²) in [5, 5.41) is 5.24. The Morgan fingerprint density at radius 2 is 2.39 bits per heavy atom. The maximum atomic E-state index is 12.4. The van der Waals surface area contributed by atoms with Crippen molar-refractivity contribution in [2.24, 2.45) is 0 Å². The molecule has 0 bridgehead atoms. The molecule has 1 aromatic rings. The minimum Gasteiger partial charge on any atom is -0.351 e. The highest BCUT2D eigenvalue weighted by molar-refractivity contribution is 7.10. The Labute approximate surface area is 118 Å². The van der Waals surface area contributed by atoms with Gasteiger partial charge in [-0.1, -0.05) is 0 Å². The summed E-state index contributed by atoms with van der Waals surface area (Å²) in [6, 6.07) is 2.11. The van der Waals surface area contributed by atoms with Crippen molar-refractivity contribution in [3.8, 4) is 0 Å². The quantitative estimate of drug-likeness (QED) is 0.840. The van der Waals surface area contributed by atoms with Crippen molar-refractivity contribution < 1.29 is 4.79 Å². The van der Waals surface area contributed by atoms with Crippen LogP contribution in [0.2, 0.25) is 0 Å². The Morgan fingerprint density at radius 1 is 1.61 bits per heavy atom. The lowest BCUT2D eigenvalue weighted by Crippen LogP contribution is -2.46. The van der Waals surface area contributed by atoms with Crippen LogP contribution in [-0.2, 0) is 11.2 Å². The number of carbonyl (C=O) groups excluding carboxylic acids is 1. The van der Waals surface area contributed by atoms with Crippen molar-refractivity contribution in [1.29, 1.82) is 0 Å². The summed E-state index contributed by atoms with van der Waals surface area (Å²) < 4.78 is 0. The second-order valence-corrected chi connectivity index (χ2v) is 6.93. The van der Waals surface area contributed by atoms with E-state index >= 15 is 0 Å². The lowest BCUT2D eigenvalue weighted by Gasteiger charge is -2.29. The summed E-state index contributed by atoms with van der Waals surface area (Å²) in [5.41, 5.74) is 1.03. The lowest BCUT2D eigenvalue weighted by atomic mass is 9.86. The van der Waals surface area contributed by atoms with E-state index in [1.54, 1.807) is 11.3 Å². The molecule has 1 unspecified atom stereocenters. The molecule has 1 atom stereocenters. The van der Waals surface area contributed by atoms with Crippen LogP contribution in [0, 0.1) is 0 Å². The van der Waals surface area contributed by atoms with Crippen LogP contribution >= 0.6 is 22.9 Å². The van der Waals surface area contributed by atoms with Crippen LogP contribution in [0.3, 0.4) is 0 Å². The van der Waals surface area contributed by atoms with Gasteiger partial charge in [-0.2, -0.15) is 0 Å². The van der Waals surface area contributed by atoms with E-state index in [-0.39, 0.29) is 17.4 Å². The smallest absolute Gasteiger partial charge is 0.227 e. The molecule has 0 radical (unpaired) electrons. The minimum atomic E-state index is -0.216. The zero-order valence-electron chi connectivity index (χ0n) is 11.0. The Kier molecular flexibility index (Phi) is 4.33. The Hall–Kier alpha value is -0.540. The highest BCUT2D eigenvalue weighted by Gasteiger charge is 2.30. The van der Waals surface area contributed by atoms with Crippen molar-refractivity contribution in [2.75, 3.05) is 5.88 Å². The van der Waals surface area contributed by atoms with Gasteiger partial charge in [-0.25, -0.2) is 0 Å². The highest BCUT2D eigenvalue weighted by Crippen LogP contribution is 2.35. The number of thiophene rings is 1. The number of rotatable bonds is 4. The number of carbonyl (C=O) groups is 1. The average molecular weight is 286 g/mol. The standard InChI is InChI=1S/C14H20ClNOS/c1-14(2,7-8-15)16-13(17)11-4-3-5-12-10(11)6-9-18-12/h6,9,11H,3-5,7-8H2,1-2H3,(H,16,17). The number of halogens is 1. The molecule has 0 fully saturated rings. The van der Waals surface area contributed by atoms with Crippen molar-refractivity contribution in [1.82, 2.24) is 5.32 Å². The van der Waals surface area contributed by atoms with E-state index in [1.807, 2.05) is 13.8 Å². The average Bonchev–Trinajstić information content (AvgIpc) is 2.75. The molecule has 0 spiro atoms. The topological polar surface area (TPSA) is 29.1 Å². The van der Waals surface area contributed by atoms with Crippen LogP contribution in [0.5, 0.6) is 0 Å². The summed E-state index contributed by atoms with van der Waals surface area (Å²) in [5.74, 6) is 0.765. The molecule has 1 amide bonds. The Bertz CT molecular complexity index is 427. The van der Waals surface area contributed by atoms with Gasteiger partial charge in [0.1, 0.15) is 0 Å². The Morgan fingerprint density at radius 3 is 3.11 bits per heavy atom. The maximum Gasteiger partial charge on any atom is 0.227 e. The highest BCUT2D eigenvalue weighted by atomic mass is 35.5. The van der Waals surface area contributed by atoms with E-state index in [0.717, 1.165) is 25.7 Å². The minimum absolute atomic E-state index is 0.0367. The van der Waals surface area contributed by atoms with Gasteiger partial charge in [0.25, 0.3) is 0 Å². The number of aryl methyl sites for hydroxylation is 1. The number of hydrogen-bond donors (Lipinski definition) is 1. The fourth-order valence-corrected chi connectivity index (χ4v) is 3.94. The second kappa shape index (κ2) is 5.62. The van der Waals surface area contributed by atoms with E-state index in [9.17, 15) is 4.79 Å². The van der Waals surface area contributed by atoms with Gasteiger partial charge in [0.2, 0.25) is 5.91 Å². The third-order valence-electron chi connectivity index (χ3n) is 3.55. The van der Waals surface area contributed by atoms with E-state index < -0.39 is 0 Å². The molecule has 2 nitrogen and oxygen atoms in total. The van der Waals surface area contributed by atoms with Gasteiger partial charge < -0.3 is 5.32 Å². The number of fused-ring (bicyclic) bond motifs is 1. The molecule has 0 saturated heterocycles. The summed E-state index contributed by atoms with van der Waals surface area (Å²) >= 11 is 7.54. The maximum absolute atomic E-state index is 12.4. The van der Waals surface area contributed by atoms with Gasteiger partial charge in [-0.15, -0.1) is 22.9 Å². The first-order chi connectivity index (χ1) is 8.53. The van der Waals surface area contributed by atoms with E-state index in [4.69, 9.17) is 11.6 Å². The van der Waals surface area contributed by atoms with E-state index in [1.165, 1.54) is 10.4 Å². The molecule has 0 aromatic carbocycles. The van der Waals surface area contributed by atoms with Gasteiger partial charge in [0.05, 0.1) is 5.92 Å². The molecule has 1 aliphatic rings. The third kappa shape index (κ3) is 3.07. The fraction of sp³-hybridized carbons (Fsp3) is 0.643. The molecule has 1 aliphatic carbocycles. The van der Waals surface area contributed by atoms with Crippen LogP contribution in [0.15, 0.2) is 11.4 Å². The van der Waals surface area contributed by atoms with Gasteiger partial charge in [0.15, 0.2) is 0 Å². The molecule has 100 valence electrons. The lowest BCUT2D eigenvalue weighted by molar-refractivity contribution is -0.124. The predicted molar refractivity (Wildman–Crippen MR) is 77.6 cm³/mol. The van der Waals surface area contributed by atoms with Gasteiger partial charge >= 0.3 is 0 Å². The Balaban J connectivity index is 2.07. The van der Waals surface area contributed by atoms with Crippen LogP contribution in [0.25, 0.3) is 0 Å². The second-order valence-electron chi connectivity index (χ2n) is 5.56. The molecular formula is C14H20ClNOS. The van der Waals surface area contributed by atoms with Crippen molar-refractivity contribution in [3.05, 3.63) is 21.9 Å². The summed E-state index contributed by atoms with van der Waals surface area (Å²) in [6.45, 7) is 4.06.